The quantitative estimate of drug-likeness (QED) is 0.597. The van der Waals surface area contributed by atoms with E-state index in [1.54, 1.807) is 24.3 Å². The molecule has 0 heterocycles. The number of amides is 2. The fraction of sp³-hybridized carbons (Fsp3) is 0.0556. The van der Waals surface area contributed by atoms with Crippen LogP contribution in [-0.4, -0.2) is 11.8 Å². The monoisotopic (exact) mass is 401 g/mol. The number of carbonyl (C=O) groups is 2. The summed E-state index contributed by atoms with van der Waals surface area (Å²) in [5.41, 5.74) is 1.46. The van der Waals surface area contributed by atoms with E-state index < -0.39 is 11.7 Å². The highest BCUT2D eigenvalue weighted by Gasteiger charge is 2.10. The van der Waals surface area contributed by atoms with Crippen LogP contribution in [0.2, 0.25) is 0 Å². The van der Waals surface area contributed by atoms with Crippen LogP contribution in [0.4, 0.5) is 15.8 Å². The maximum atomic E-state index is 13.2. The molecule has 0 radical (unpaired) electrons. The number of carbonyl (C=O) groups excluding carboxylic acids is 2. The number of hydrogen-bond acceptors (Lipinski definition) is 3. The van der Waals surface area contributed by atoms with Gasteiger partial charge in [-0.2, -0.15) is 5.26 Å². The molecule has 0 spiro atoms. The average Bonchev–Trinajstić information content (AvgIpc) is 2.57. The third-order valence-electron chi connectivity index (χ3n) is 3.08. The van der Waals surface area contributed by atoms with Gasteiger partial charge in [-0.3, -0.25) is 9.59 Å². The van der Waals surface area contributed by atoms with Crippen LogP contribution in [0, 0.1) is 17.1 Å². The summed E-state index contributed by atoms with van der Waals surface area (Å²) >= 11 is 3.05. The van der Waals surface area contributed by atoms with Crippen LogP contribution in [0.1, 0.15) is 12.5 Å². The van der Waals surface area contributed by atoms with Crippen LogP contribution in [-0.2, 0) is 9.59 Å². The van der Waals surface area contributed by atoms with E-state index in [-0.39, 0.29) is 16.0 Å². The minimum Gasteiger partial charge on any atom is -0.326 e. The second-order valence-electron chi connectivity index (χ2n) is 5.06. The molecule has 0 aliphatic rings. The van der Waals surface area contributed by atoms with Gasteiger partial charge in [0, 0.05) is 18.3 Å². The Hall–Kier alpha value is -2.98. The molecule has 0 aromatic heterocycles. The van der Waals surface area contributed by atoms with Crippen LogP contribution in [0.15, 0.2) is 52.5 Å². The fourth-order valence-corrected chi connectivity index (χ4v) is 2.35. The smallest absolute Gasteiger partial charge is 0.266 e. The van der Waals surface area contributed by atoms with E-state index in [1.165, 1.54) is 31.2 Å². The minimum atomic E-state index is -0.588. The van der Waals surface area contributed by atoms with Crippen molar-refractivity contribution in [1.82, 2.24) is 0 Å². The molecule has 0 aliphatic heterocycles. The van der Waals surface area contributed by atoms with E-state index >= 15 is 0 Å². The molecule has 0 saturated heterocycles. The number of rotatable bonds is 4. The maximum absolute atomic E-state index is 13.2. The van der Waals surface area contributed by atoms with Crippen LogP contribution in [0.3, 0.4) is 0 Å². The molecule has 126 valence electrons. The Morgan fingerprint density at radius 1 is 1.12 bits per heavy atom. The van der Waals surface area contributed by atoms with Gasteiger partial charge in [0.2, 0.25) is 5.91 Å². The first kappa shape index (κ1) is 18.4. The zero-order valence-corrected chi connectivity index (χ0v) is 14.7. The van der Waals surface area contributed by atoms with Crippen LogP contribution >= 0.6 is 15.9 Å². The summed E-state index contributed by atoms with van der Waals surface area (Å²) in [6.07, 6.45) is 1.37. The third kappa shape index (κ3) is 5.26. The predicted molar refractivity (Wildman–Crippen MR) is 97.1 cm³/mol. The van der Waals surface area contributed by atoms with Crippen molar-refractivity contribution in [2.75, 3.05) is 10.6 Å². The van der Waals surface area contributed by atoms with E-state index in [0.717, 1.165) is 0 Å². The van der Waals surface area contributed by atoms with Gasteiger partial charge in [-0.15, -0.1) is 0 Å². The van der Waals surface area contributed by atoms with Gasteiger partial charge in [-0.1, -0.05) is 6.07 Å². The predicted octanol–water partition coefficient (Wildman–Crippen LogP) is 4.09. The van der Waals surface area contributed by atoms with E-state index in [0.29, 0.717) is 16.9 Å². The Morgan fingerprint density at radius 2 is 1.72 bits per heavy atom. The topological polar surface area (TPSA) is 82.0 Å². The maximum Gasteiger partial charge on any atom is 0.266 e. The number of hydrogen-bond donors (Lipinski definition) is 2. The lowest BCUT2D eigenvalue weighted by Gasteiger charge is -2.06. The summed E-state index contributed by atoms with van der Waals surface area (Å²) in [4.78, 5) is 23.2. The van der Waals surface area contributed by atoms with Gasteiger partial charge in [-0.05, 0) is 64.0 Å². The van der Waals surface area contributed by atoms with Gasteiger partial charge in [0.1, 0.15) is 17.5 Å². The summed E-state index contributed by atoms with van der Waals surface area (Å²) in [5, 5.41) is 14.4. The van der Waals surface area contributed by atoms with Crippen LogP contribution < -0.4 is 10.6 Å². The molecule has 2 aromatic rings. The highest BCUT2D eigenvalue weighted by atomic mass is 79.9. The summed E-state index contributed by atoms with van der Waals surface area (Å²) in [6.45, 7) is 1.40. The first-order valence-electron chi connectivity index (χ1n) is 7.15. The summed E-state index contributed by atoms with van der Waals surface area (Å²) in [7, 11) is 0. The Bertz CT molecular complexity index is 886. The zero-order chi connectivity index (χ0) is 18.4. The number of nitrogens with zero attached hydrogens (tertiary/aromatic N) is 1. The Morgan fingerprint density at radius 3 is 2.24 bits per heavy atom. The van der Waals surface area contributed by atoms with Crippen molar-refractivity contribution >= 4 is 45.2 Å². The lowest BCUT2D eigenvalue weighted by molar-refractivity contribution is -0.114. The largest absolute Gasteiger partial charge is 0.326 e. The molecule has 0 saturated carbocycles. The number of benzene rings is 2. The number of nitrogens with one attached hydrogen (secondary N) is 2. The molecule has 25 heavy (non-hydrogen) atoms. The van der Waals surface area contributed by atoms with Gasteiger partial charge < -0.3 is 10.6 Å². The van der Waals surface area contributed by atoms with Crippen molar-refractivity contribution in [3.8, 4) is 6.07 Å². The van der Waals surface area contributed by atoms with Crippen LogP contribution in [0.25, 0.3) is 6.08 Å². The molecule has 7 heteroatoms. The lowest BCUT2D eigenvalue weighted by atomic mass is 10.1. The average molecular weight is 402 g/mol. The lowest BCUT2D eigenvalue weighted by Crippen LogP contribution is -2.13. The zero-order valence-electron chi connectivity index (χ0n) is 13.1. The first-order chi connectivity index (χ1) is 11.9. The normalized spacial score (nSPS) is 10.7. The molecule has 2 aromatic carbocycles. The van der Waals surface area contributed by atoms with E-state index in [4.69, 9.17) is 0 Å². The molecule has 0 aliphatic carbocycles. The van der Waals surface area contributed by atoms with Crippen molar-refractivity contribution in [2.24, 2.45) is 0 Å². The number of anilines is 2. The summed E-state index contributed by atoms with van der Waals surface area (Å²) < 4.78 is 13.5. The van der Waals surface area contributed by atoms with Crippen molar-refractivity contribution < 1.29 is 14.0 Å². The van der Waals surface area contributed by atoms with E-state index in [1.807, 2.05) is 6.07 Å². The van der Waals surface area contributed by atoms with Crippen molar-refractivity contribution in [1.29, 1.82) is 5.26 Å². The SMILES string of the molecule is CC(=O)Nc1ccc(NC(=O)/C(C#N)=C/c2ccc(F)c(Br)c2)cc1. The van der Waals surface area contributed by atoms with Crippen LogP contribution in [0.5, 0.6) is 0 Å². The Labute approximate surface area is 152 Å². The minimum absolute atomic E-state index is 0.121. The highest BCUT2D eigenvalue weighted by Crippen LogP contribution is 2.19. The summed E-state index contributed by atoms with van der Waals surface area (Å²) in [6, 6.07) is 12.5. The second-order valence-corrected chi connectivity index (χ2v) is 5.91. The van der Waals surface area contributed by atoms with E-state index in [9.17, 15) is 19.2 Å². The second kappa shape index (κ2) is 8.22. The van der Waals surface area contributed by atoms with E-state index in [2.05, 4.69) is 26.6 Å². The summed E-state index contributed by atoms with van der Waals surface area (Å²) in [5.74, 6) is -1.22. The first-order valence-corrected chi connectivity index (χ1v) is 7.94. The number of halogens is 2. The molecule has 0 atom stereocenters. The molecule has 2 amide bonds. The molecule has 2 N–H and O–H groups in total. The standard InChI is InChI=1S/C18H13BrFN3O2/c1-11(24)22-14-3-5-15(6-4-14)23-18(25)13(10-21)8-12-2-7-17(20)16(19)9-12/h2-9H,1H3,(H,22,24)(H,23,25)/b13-8+. The molecular weight excluding hydrogens is 389 g/mol. The van der Waals surface area contributed by atoms with Gasteiger partial charge in [0.05, 0.1) is 4.47 Å². The number of nitriles is 1. The molecule has 5 nitrogen and oxygen atoms in total. The fourth-order valence-electron chi connectivity index (χ4n) is 1.96. The van der Waals surface area contributed by atoms with Crippen molar-refractivity contribution in [2.45, 2.75) is 6.92 Å². The van der Waals surface area contributed by atoms with Crippen molar-refractivity contribution in [3.05, 3.63) is 63.9 Å². The molecule has 0 unspecified atom stereocenters. The molecular formula is C18H13BrFN3O2. The molecule has 0 bridgehead atoms. The molecule has 0 fully saturated rings. The van der Waals surface area contributed by atoms with Gasteiger partial charge >= 0.3 is 0 Å². The molecule has 2 rings (SSSR count). The van der Waals surface area contributed by atoms with Gasteiger partial charge in [0.15, 0.2) is 0 Å². The Balaban J connectivity index is 2.14. The van der Waals surface area contributed by atoms with Gasteiger partial charge in [0.25, 0.3) is 5.91 Å². The Kier molecular flexibility index (Phi) is 6.03. The van der Waals surface area contributed by atoms with Crippen molar-refractivity contribution in [3.63, 3.8) is 0 Å². The highest BCUT2D eigenvalue weighted by molar-refractivity contribution is 9.10. The third-order valence-corrected chi connectivity index (χ3v) is 3.69. The van der Waals surface area contributed by atoms with Gasteiger partial charge in [-0.25, -0.2) is 4.39 Å².